The molecule has 1 aromatic heterocycles. The summed E-state index contributed by atoms with van der Waals surface area (Å²) in [4.78, 5) is 13.0. The lowest BCUT2D eigenvalue weighted by Gasteiger charge is -2.15. The maximum atomic E-state index is 11.8. The van der Waals surface area contributed by atoms with Crippen molar-refractivity contribution < 1.29 is 14.6 Å². The van der Waals surface area contributed by atoms with Gasteiger partial charge in [0.15, 0.2) is 0 Å². The van der Waals surface area contributed by atoms with Crippen LogP contribution in [0.5, 0.6) is 5.75 Å². The Morgan fingerprint density at radius 2 is 2.13 bits per heavy atom. The molecule has 1 atom stereocenters. The number of hydrogen-bond donors (Lipinski definition) is 2. The molecule has 5 heteroatoms. The number of aliphatic hydroxyl groups is 1. The average Bonchev–Trinajstić information content (AvgIpc) is 3.03. The fourth-order valence-corrected chi connectivity index (χ4v) is 2.88. The van der Waals surface area contributed by atoms with Crippen LogP contribution in [0.3, 0.4) is 0 Å². The van der Waals surface area contributed by atoms with Crippen LogP contribution in [0.1, 0.15) is 36.8 Å². The fraction of sp³-hybridized carbons (Fsp3) is 0.389. The van der Waals surface area contributed by atoms with Crippen molar-refractivity contribution in [3.63, 3.8) is 0 Å². The minimum Gasteiger partial charge on any atom is -0.491 e. The molecule has 1 heterocycles. The van der Waals surface area contributed by atoms with E-state index in [2.05, 4.69) is 5.32 Å². The third kappa shape index (κ3) is 6.04. The Morgan fingerprint density at radius 1 is 1.30 bits per heavy atom. The van der Waals surface area contributed by atoms with Crippen LogP contribution in [-0.4, -0.2) is 23.7 Å². The van der Waals surface area contributed by atoms with E-state index in [0.29, 0.717) is 6.42 Å². The number of aliphatic hydroxyl groups excluding tert-OH is 1. The van der Waals surface area contributed by atoms with Gasteiger partial charge in [-0.2, -0.15) is 0 Å². The Balaban J connectivity index is 1.79. The zero-order chi connectivity index (χ0) is 16.7. The first-order valence-corrected chi connectivity index (χ1v) is 8.66. The minimum atomic E-state index is -0.739. The molecule has 0 aliphatic carbocycles. The molecule has 4 nitrogen and oxygen atoms in total. The second-order valence-electron chi connectivity index (χ2n) is 5.64. The van der Waals surface area contributed by atoms with E-state index in [4.69, 9.17) is 4.74 Å². The number of aryl methyl sites for hydroxylation is 1. The summed E-state index contributed by atoms with van der Waals surface area (Å²) in [6, 6.07) is 11.3. The first-order chi connectivity index (χ1) is 11.0. The van der Waals surface area contributed by atoms with Crippen molar-refractivity contribution in [2.45, 2.75) is 38.9 Å². The second kappa shape index (κ2) is 8.70. The van der Waals surface area contributed by atoms with E-state index in [9.17, 15) is 9.90 Å². The highest BCUT2D eigenvalue weighted by atomic mass is 32.1. The highest BCUT2D eigenvalue weighted by Gasteiger charge is 2.11. The summed E-state index contributed by atoms with van der Waals surface area (Å²) in [6.07, 6.45) is 0.511. The largest absolute Gasteiger partial charge is 0.491 e. The molecule has 0 aliphatic rings. The van der Waals surface area contributed by atoms with Crippen molar-refractivity contribution >= 4 is 17.2 Å². The topological polar surface area (TPSA) is 58.6 Å². The third-order valence-corrected chi connectivity index (χ3v) is 4.22. The summed E-state index contributed by atoms with van der Waals surface area (Å²) in [6.45, 7) is 4.11. The average molecular weight is 333 g/mol. The summed E-state index contributed by atoms with van der Waals surface area (Å²) < 4.78 is 5.61. The van der Waals surface area contributed by atoms with Gasteiger partial charge in [-0.1, -0.05) is 18.2 Å². The number of carbonyl (C=O) groups is 1. The van der Waals surface area contributed by atoms with Crippen LogP contribution in [0.25, 0.3) is 0 Å². The van der Waals surface area contributed by atoms with Crippen LogP contribution in [0.2, 0.25) is 0 Å². The van der Waals surface area contributed by atoms with Crippen LogP contribution >= 0.6 is 11.3 Å². The molecule has 0 aliphatic heterocycles. The Morgan fingerprint density at radius 3 is 2.83 bits per heavy atom. The molecule has 0 bridgehead atoms. The van der Waals surface area contributed by atoms with Crippen molar-refractivity contribution in [1.82, 2.24) is 5.32 Å². The molecule has 124 valence electrons. The normalized spacial score (nSPS) is 12.2. The van der Waals surface area contributed by atoms with E-state index in [0.717, 1.165) is 17.7 Å². The number of thiophene rings is 1. The van der Waals surface area contributed by atoms with Gasteiger partial charge in [0.25, 0.3) is 0 Å². The molecule has 1 amide bonds. The van der Waals surface area contributed by atoms with Crippen molar-refractivity contribution in [2.24, 2.45) is 0 Å². The minimum absolute atomic E-state index is 0.0490. The van der Waals surface area contributed by atoms with Gasteiger partial charge in [-0.25, -0.2) is 0 Å². The molecule has 23 heavy (non-hydrogen) atoms. The van der Waals surface area contributed by atoms with Crippen LogP contribution < -0.4 is 10.1 Å². The van der Waals surface area contributed by atoms with Gasteiger partial charge >= 0.3 is 0 Å². The molecule has 2 N–H and O–H groups in total. The number of hydrogen-bond acceptors (Lipinski definition) is 4. The summed E-state index contributed by atoms with van der Waals surface area (Å²) in [5.41, 5.74) is 0.738. The second-order valence-corrected chi connectivity index (χ2v) is 6.67. The van der Waals surface area contributed by atoms with E-state index in [-0.39, 0.29) is 18.6 Å². The van der Waals surface area contributed by atoms with Gasteiger partial charge in [0.1, 0.15) is 5.75 Å². The van der Waals surface area contributed by atoms with E-state index < -0.39 is 6.10 Å². The lowest BCUT2D eigenvalue weighted by molar-refractivity contribution is -0.121. The molecule has 1 aromatic carbocycles. The lowest BCUT2D eigenvalue weighted by Crippen LogP contribution is -2.28. The Hall–Kier alpha value is -1.85. The smallest absolute Gasteiger partial charge is 0.220 e. The highest BCUT2D eigenvalue weighted by Crippen LogP contribution is 2.20. The third-order valence-electron chi connectivity index (χ3n) is 3.29. The first-order valence-electron chi connectivity index (χ1n) is 7.78. The predicted molar refractivity (Wildman–Crippen MR) is 92.8 cm³/mol. The number of ether oxygens (including phenoxy) is 1. The van der Waals surface area contributed by atoms with E-state index in [1.54, 1.807) is 11.3 Å². The quantitative estimate of drug-likeness (QED) is 0.779. The van der Waals surface area contributed by atoms with Crippen LogP contribution in [0.15, 0.2) is 41.8 Å². The van der Waals surface area contributed by atoms with Gasteiger partial charge in [0, 0.05) is 17.8 Å². The first kappa shape index (κ1) is 17.5. The van der Waals surface area contributed by atoms with Gasteiger partial charge in [-0.05, 0) is 49.4 Å². The molecule has 0 unspecified atom stereocenters. The summed E-state index contributed by atoms with van der Waals surface area (Å²) >= 11 is 1.65. The number of benzene rings is 1. The van der Waals surface area contributed by atoms with Crippen molar-refractivity contribution in [2.75, 3.05) is 6.54 Å². The summed E-state index contributed by atoms with van der Waals surface area (Å²) in [5.74, 6) is 0.674. The van der Waals surface area contributed by atoms with Gasteiger partial charge in [-0.15, -0.1) is 11.3 Å². The number of amides is 1. The van der Waals surface area contributed by atoms with Crippen LogP contribution in [0, 0.1) is 0 Å². The number of carbonyl (C=O) groups excluding carboxylic acids is 1. The zero-order valence-electron chi connectivity index (χ0n) is 13.5. The zero-order valence-corrected chi connectivity index (χ0v) is 14.3. The van der Waals surface area contributed by atoms with Gasteiger partial charge in [0.05, 0.1) is 12.2 Å². The maximum Gasteiger partial charge on any atom is 0.220 e. The predicted octanol–water partition coefficient (Wildman–Crippen LogP) is 3.32. The lowest BCUT2D eigenvalue weighted by atomic mass is 10.1. The Kier molecular flexibility index (Phi) is 6.62. The molecule has 0 saturated carbocycles. The SMILES string of the molecule is CC(C)Oc1cccc([C@@H](O)CNC(=O)CCc2cccs2)c1. The van der Waals surface area contributed by atoms with E-state index in [1.165, 1.54) is 4.88 Å². The van der Waals surface area contributed by atoms with Crippen molar-refractivity contribution in [3.05, 3.63) is 52.2 Å². The molecule has 2 aromatic rings. The van der Waals surface area contributed by atoms with Gasteiger partial charge in [-0.3, -0.25) is 4.79 Å². The maximum absolute atomic E-state index is 11.8. The molecule has 0 fully saturated rings. The van der Waals surface area contributed by atoms with Crippen LogP contribution in [0.4, 0.5) is 0 Å². The summed E-state index contributed by atoms with van der Waals surface area (Å²) in [5, 5.41) is 15.0. The molecule has 2 rings (SSSR count). The molecule has 0 saturated heterocycles. The van der Waals surface area contributed by atoms with Gasteiger partial charge < -0.3 is 15.2 Å². The Bertz CT molecular complexity index is 610. The molecule has 0 spiro atoms. The van der Waals surface area contributed by atoms with E-state index in [1.807, 2.05) is 55.6 Å². The van der Waals surface area contributed by atoms with Crippen molar-refractivity contribution in [1.29, 1.82) is 0 Å². The van der Waals surface area contributed by atoms with E-state index >= 15 is 0 Å². The number of nitrogens with one attached hydrogen (secondary N) is 1. The summed E-state index contributed by atoms with van der Waals surface area (Å²) in [7, 11) is 0. The Labute approximate surface area is 141 Å². The number of rotatable bonds is 8. The van der Waals surface area contributed by atoms with Gasteiger partial charge in [0.2, 0.25) is 5.91 Å². The van der Waals surface area contributed by atoms with Crippen LogP contribution in [-0.2, 0) is 11.2 Å². The molecule has 0 radical (unpaired) electrons. The highest BCUT2D eigenvalue weighted by molar-refractivity contribution is 7.09. The monoisotopic (exact) mass is 333 g/mol. The molecular weight excluding hydrogens is 310 g/mol. The van der Waals surface area contributed by atoms with Crippen molar-refractivity contribution in [3.8, 4) is 5.75 Å². The fourth-order valence-electron chi connectivity index (χ4n) is 2.18. The standard InChI is InChI=1S/C18H23NO3S/c1-13(2)22-15-6-3-5-14(11-15)17(20)12-19-18(21)9-8-16-7-4-10-23-16/h3-7,10-11,13,17,20H,8-9,12H2,1-2H3,(H,19,21)/t17-/m0/s1. The molecular formula is C18H23NO3S.